The van der Waals surface area contributed by atoms with E-state index in [1.54, 1.807) is 0 Å². The number of esters is 1. The summed E-state index contributed by atoms with van der Waals surface area (Å²) < 4.78 is 4.56. The van der Waals surface area contributed by atoms with Crippen molar-refractivity contribution in [2.24, 2.45) is 0 Å². The van der Waals surface area contributed by atoms with E-state index in [0.717, 1.165) is 25.3 Å². The average molecular weight is 343 g/mol. The van der Waals surface area contributed by atoms with Gasteiger partial charge in [-0.05, 0) is 18.9 Å². The predicted molar refractivity (Wildman–Crippen MR) is 86.0 cm³/mol. The zero-order chi connectivity index (χ0) is 17.0. The van der Waals surface area contributed by atoms with Crippen molar-refractivity contribution in [2.75, 3.05) is 19.0 Å². The van der Waals surface area contributed by atoms with Crippen molar-refractivity contribution < 1.29 is 19.6 Å². The fraction of sp³-hybridized carbons (Fsp3) is 0.533. The first kappa shape index (κ1) is 17.5. The van der Waals surface area contributed by atoms with Crippen molar-refractivity contribution in [3.05, 3.63) is 32.8 Å². The standard InChI is InChI=1S/C15H19ClN2O5/c1-23-14(19)10-7-13(18(21)22)12(8-11(10)16)17-9-15(20)5-3-2-4-6-15/h7-8,17,20H,2-6,9H2,1H3. The summed E-state index contributed by atoms with van der Waals surface area (Å²) in [5, 5.41) is 24.7. The first-order valence-corrected chi connectivity index (χ1v) is 7.76. The van der Waals surface area contributed by atoms with E-state index in [0.29, 0.717) is 12.8 Å². The van der Waals surface area contributed by atoms with Gasteiger partial charge in [0.05, 0.1) is 28.2 Å². The Balaban J connectivity index is 2.25. The highest BCUT2D eigenvalue weighted by atomic mass is 35.5. The molecule has 0 aromatic heterocycles. The number of aliphatic hydroxyl groups is 1. The van der Waals surface area contributed by atoms with Crippen molar-refractivity contribution in [1.82, 2.24) is 0 Å². The van der Waals surface area contributed by atoms with Crippen LogP contribution in [0.25, 0.3) is 0 Å². The minimum Gasteiger partial charge on any atom is -0.465 e. The molecule has 8 heteroatoms. The molecule has 2 rings (SSSR count). The average Bonchev–Trinajstić information content (AvgIpc) is 2.52. The SMILES string of the molecule is COC(=O)c1cc([N+](=O)[O-])c(NCC2(O)CCCCC2)cc1Cl. The molecule has 0 saturated heterocycles. The number of halogens is 1. The minimum atomic E-state index is -0.875. The molecule has 1 aromatic carbocycles. The summed E-state index contributed by atoms with van der Waals surface area (Å²) in [5.41, 5.74) is -1.05. The van der Waals surface area contributed by atoms with Crippen LogP contribution in [0.3, 0.4) is 0 Å². The monoisotopic (exact) mass is 342 g/mol. The number of hydrogen-bond donors (Lipinski definition) is 2. The zero-order valence-electron chi connectivity index (χ0n) is 12.8. The van der Waals surface area contributed by atoms with Crippen molar-refractivity contribution in [2.45, 2.75) is 37.7 Å². The van der Waals surface area contributed by atoms with Crippen LogP contribution in [0.4, 0.5) is 11.4 Å². The molecule has 0 bridgehead atoms. The molecular formula is C15H19ClN2O5. The lowest BCUT2D eigenvalue weighted by Gasteiger charge is -2.32. The zero-order valence-corrected chi connectivity index (χ0v) is 13.6. The molecule has 1 aliphatic carbocycles. The van der Waals surface area contributed by atoms with E-state index >= 15 is 0 Å². The Kier molecular flexibility index (Phi) is 5.43. The number of nitro benzene ring substituents is 1. The van der Waals surface area contributed by atoms with Crippen molar-refractivity contribution in [3.8, 4) is 0 Å². The van der Waals surface area contributed by atoms with Crippen LogP contribution in [0.1, 0.15) is 42.5 Å². The van der Waals surface area contributed by atoms with Gasteiger partial charge >= 0.3 is 5.97 Å². The molecule has 23 heavy (non-hydrogen) atoms. The van der Waals surface area contributed by atoms with Crippen LogP contribution in [0.15, 0.2) is 12.1 Å². The van der Waals surface area contributed by atoms with Crippen molar-refractivity contribution >= 4 is 28.9 Å². The van der Waals surface area contributed by atoms with Crippen LogP contribution in [-0.4, -0.2) is 35.3 Å². The summed E-state index contributed by atoms with van der Waals surface area (Å²) in [4.78, 5) is 22.2. The highest BCUT2D eigenvalue weighted by Crippen LogP contribution is 2.34. The van der Waals surface area contributed by atoms with Gasteiger partial charge in [-0.2, -0.15) is 0 Å². The second kappa shape index (κ2) is 7.14. The van der Waals surface area contributed by atoms with Crippen LogP contribution in [-0.2, 0) is 4.74 Å². The van der Waals surface area contributed by atoms with E-state index in [1.165, 1.54) is 13.2 Å². The Bertz CT molecular complexity index is 614. The molecule has 0 unspecified atom stereocenters. The number of rotatable bonds is 5. The summed E-state index contributed by atoms with van der Waals surface area (Å²) in [6.07, 6.45) is 4.26. The van der Waals surface area contributed by atoms with Crippen LogP contribution >= 0.6 is 11.6 Å². The van der Waals surface area contributed by atoms with E-state index in [1.807, 2.05) is 0 Å². The predicted octanol–water partition coefficient (Wildman–Crippen LogP) is 3.14. The van der Waals surface area contributed by atoms with E-state index in [2.05, 4.69) is 10.1 Å². The maximum Gasteiger partial charge on any atom is 0.339 e. The number of nitrogens with one attached hydrogen (secondary N) is 1. The summed E-state index contributed by atoms with van der Waals surface area (Å²) in [6.45, 7) is 0.196. The number of carbonyl (C=O) groups is 1. The molecule has 0 amide bonds. The van der Waals surface area contributed by atoms with Gasteiger partial charge in [0.25, 0.3) is 5.69 Å². The van der Waals surface area contributed by atoms with Gasteiger partial charge in [0.2, 0.25) is 0 Å². The lowest BCUT2D eigenvalue weighted by atomic mass is 9.85. The van der Waals surface area contributed by atoms with Gasteiger partial charge in [0, 0.05) is 12.6 Å². The molecule has 0 atom stereocenters. The van der Waals surface area contributed by atoms with Gasteiger partial charge in [0.15, 0.2) is 0 Å². The van der Waals surface area contributed by atoms with Gasteiger partial charge in [-0.15, -0.1) is 0 Å². The number of carbonyl (C=O) groups excluding carboxylic acids is 1. The number of ether oxygens (including phenoxy) is 1. The third-order valence-electron chi connectivity index (χ3n) is 4.08. The van der Waals surface area contributed by atoms with Crippen molar-refractivity contribution in [1.29, 1.82) is 0 Å². The molecule has 0 radical (unpaired) electrons. The molecule has 0 spiro atoms. The van der Waals surface area contributed by atoms with E-state index in [-0.39, 0.29) is 28.5 Å². The van der Waals surface area contributed by atoms with Gasteiger partial charge < -0.3 is 15.2 Å². The van der Waals surface area contributed by atoms with E-state index < -0.39 is 16.5 Å². The molecule has 1 aliphatic rings. The number of hydrogen-bond acceptors (Lipinski definition) is 6. The second-order valence-corrected chi connectivity index (χ2v) is 6.14. The molecule has 1 saturated carbocycles. The smallest absolute Gasteiger partial charge is 0.339 e. The maximum absolute atomic E-state index is 11.6. The molecular weight excluding hydrogens is 324 g/mol. The second-order valence-electron chi connectivity index (χ2n) is 5.74. The van der Waals surface area contributed by atoms with Gasteiger partial charge in [-0.3, -0.25) is 10.1 Å². The van der Waals surface area contributed by atoms with Crippen LogP contribution in [0.2, 0.25) is 5.02 Å². The number of nitro groups is 1. The van der Waals surface area contributed by atoms with Gasteiger partial charge in [0.1, 0.15) is 5.69 Å². The fourth-order valence-electron chi connectivity index (χ4n) is 2.77. The largest absolute Gasteiger partial charge is 0.465 e. The normalized spacial score (nSPS) is 16.7. The molecule has 2 N–H and O–H groups in total. The first-order valence-electron chi connectivity index (χ1n) is 7.39. The third kappa shape index (κ3) is 4.11. The Morgan fingerprint density at radius 1 is 1.43 bits per heavy atom. The molecule has 126 valence electrons. The number of benzene rings is 1. The first-order chi connectivity index (χ1) is 10.9. The van der Waals surface area contributed by atoms with Crippen LogP contribution in [0.5, 0.6) is 0 Å². The fourth-order valence-corrected chi connectivity index (χ4v) is 3.01. The summed E-state index contributed by atoms with van der Waals surface area (Å²) >= 11 is 6.01. The van der Waals surface area contributed by atoms with Crippen LogP contribution in [0, 0.1) is 10.1 Å². The van der Waals surface area contributed by atoms with Crippen molar-refractivity contribution in [3.63, 3.8) is 0 Å². The Morgan fingerprint density at radius 3 is 2.65 bits per heavy atom. The Labute approximate surface area is 138 Å². The molecule has 0 aliphatic heterocycles. The van der Waals surface area contributed by atoms with E-state index in [9.17, 15) is 20.0 Å². The summed E-state index contributed by atoms with van der Waals surface area (Å²) in [5.74, 6) is -0.740. The Hall–Kier alpha value is -1.86. The molecule has 1 fully saturated rings. The quantitative estimate of drug-likeness (QED) is 0.484. The molecule has 0 heterocycles. The Morgan fingerprint density at radius 2 is 2.09 bits per heavy atom. The number of anilines is 1. The summed E-state index contributed by atoms with van der Waals surface area (Å²) in [6, 6.07) is 2.40. The maximum atomic E-state index is 11.6. The molecule has 1 aromatic rings. The molecule has 7 nitrogen and oxygen atoms in total. The minimum absolute atomic E-state index is 0.0561. The number of nitrogens with zero attached hydrogens (tertiary/aromatic N) is 1. The third-order valence-corrected chi connectivity index (χ3v) is 4.39. The lowest BCUT2D eigenvalue weighted by Crippen LogP contribution is -2.38. The van der Waals surface area contributed by atoms with E-state index in [4.69, 9.17) is 11.6 Å². The highest BCUT2D eigenvalue weighted by Gasteiger charge is 2.30. The number of methoxy groups -OCH3 is 1. The van der Waals surface area contributed by atoms with Crippen LogP contribution < -0.4 is 5.32 Å². The highest BCUT2D eigenvalue weighted by molar-refractivity contribution is 6.34. The van der Waals surface area contributed by atoms with Gasteiger partial charge in [-0.25, -0.2) is 4.79 Å². The van der Waals surface area contributed by atoms with Gasteiger partial charge in [-0.1, -0.05) is 30.9 Å². The summed E-state index contributed by atoms with van der Waals surface area (Å²) in [7, 11) is 1.18. The topological polar surface area (TPSA) is 102 Å². The lowest BCUT2D eigenvalue weighted by molar-refractivity contribution is -0.384.